The number of rotatable bonds is 5. The lowest BCUT2D eigenvalue weighted by Crippen LogP contribution is -2.53. The molecule has 1 aliphatic carbocycles. The number of benzene rings is 1. The van der Waals surface area contributed by atoms with Gasteiger partial charge in [0, 0.05) is 31.0 Å². The molecule has 1 saturated carbocycles. The second kappa shape index (κ2) is 8.47. The van der Waals surface area contributed by atoms with Crippen molar-refractivity contribution in [2.45, 2.75) is 44.4 Å². The van der Waals surface area contributed by atoms with Gasteiger partial charge >= 0.3 is 6.18 Å². The van der Waals surface area contributed by atoms with E-state index in [0.29, 0.717) is 17.6 Å². The average Bonchev–Trinajstić information content (AvgIpc) is 3.14. The normalized spacial score (nSPS) is 24.5. The zero-order valence-electron chi connectivity index (χ0n) is 17.6. The van der Waals surface area contributed by atoms with Gasteiger partial charge in [-0.3, -0.25) is 14.4 Å². The van der Waals surface area contributed by atoms with Crippen LogP contribution >= 0.6 is 0 Å². The van der Waals surface area contributed by atoms with E-state index in [1.165, 1.54) is 18.3 Å². The molecule has 2 heterocycles. The van der Waals surface area contributed by atoms with Gasteiger partial charge in [-0.2, -0.15) is 23.5 Å². The van der Waals surface area contributed by atoms with Crippen molar-refractivity contribution in [3.05, 3.63) is 41.6 Å². The summed E-state index contributed by atoms with van der Waals surface area (Å²) in [4.78, 5) is 14.4. The number of anilines is 2. The maximum atomic E-state index is 12.8. The lowest BCUT2D eigenvalue weighted by atomic mass is 9.80. The summed E-state index contributed by atoms with van der Waals surface area (Å²) in [5.41, 5.74) is 5.21. The van der Waals surface area contributed by atoms with Crippen molar-refractivity contribution >= 4 is 17.4 Å². The van der Waals surface area contributed by atoms with Gasteiger partial charge in [0.2, 0.25) is 0 Å². The van der Waals surface area contributed by atoms with Gasteiger partial charge < -0.3 is 11.1 Å². The van der Waals surface area contributed by atoms with E-state index in [9.17, 15) is 23.2 Å². The zero-order chi connectivity index (χ0) is 23.0. The average molecular weight is 446 g/mol. The minimum Gasteiger partial charge on any atom is -0.365 e. The second-order valence-electron chi connectivity index (χ2n) is 8.76. The smallest absolute Gasteiger partial charge is 0.365 e. The number of nitriles is 1. The number of nitrogens with two attached hydrogens (primary N) is 1. The molecular weight excluding hydrogens is 421 g/mol. The minimum atomic E-state index is -4.43. The van der Waals surface area contributed by atoms with Gasteiger partial charge in [-0.15, -0.1) is 0 Å². The number of aromatic nitrogens is 2. The van der Waals surface area contributed by atoms with Crippen LogP contribution in [-0.4, -0.2) is 39.7 Å². The molecule has 0 spiro atoms. The number of hydrogen-bond donors (Lipinski definition) is 2. The quantitative estimate of drug-likeness (QED) is 0.725. The molecule has 4 rings (SSSR count). The molecule has 1 aromatic carbocycles. The Balaban J connectivity index is 1.52. The first-order valence-corrected chi connectivity index (χ1v) is 10.6. The van der Waals surface area contributed by atoms with Crippen LogP contribution in [0, 0.1) is 23.2 Å². The Hall–Kier alpha value is -3.06. The lowest BCUT2D eigenvalue weighted by molar-refractivity contribution is -0.137. The summed E-state index contributed by atoms with van der Waals surface area (Å²) >= 11 is 0. The molecule has 10 heteroatoms. The fourth-order valence-electron chi connectivity index (χ4n) is 4.68. The highest BCUT2D eigenvalue weighted by Crippen LogP contribution is 2.38. The van der Waals surface area contributed by atoms with Crippen molar-refractivity contribution in [2.75, 3.05) is 18.4 Å². The van der Waals surface area contributed by atoms with Crippen molar-refractivity contribution in [1.82, 2.24) is 14.7 Å². The number of nitrogens with one attached hydrogen (secondary N) is 1. The predicted molar refractivity (Wildman–Crippen MR) is 112 cm³/mol. The second-order valence-corrected chi connectivity index (χ2v) is 8.76. The Labute approximate surface area is 184 Å². The fraction of sp³-hybridized carbons (Fsp3) is 0.500. The molecule has 1 aromatic heterocycles. The highest BCUT2D eigenvalue weighted by Gasteiger charge is 2.38. The van der Waals surface area contributed by atoms with E-state index in [1.807, 2.05) is 0 Å². The fourth-order valence-corrected chi connectivity index (χ4v) is 4.68. The van der Waals surface area contributed by atoms with E-state index in [0.717, 1.165) is 44.5 Å². The summed E-state index contributed by atoms with van der Waals surface area (Å²) in [6.07, 6.45) is -0.495. The molecule has 32 heavy (non-hydrogen) atoms. The number of carbonyl (C=O) groups is 1. The van der Waals surface area contributed by atoms with Gasteiger partial charge in [-0.25, -0.2) is 0 Å². The molecule has 0 radical (unpaired) electrons. The van der Waals surface area contributed by atoms with E-state index in [2.05, 4.69) is 28.3 Å². The van der Waals surface area contributed by atoms with Crippen LogP contribution in [0.5, 0.6) is 0 Å². The van der Waals surface area contributed by atoms with E-state index >= 15 is 0 Å². The molecule has 3 N–H and O–H groups in total. The zero-order valence-corrected chi connectivity index (χ0v) is 17.6. The van der Waals surface area contributed by atoms with Gasteiger partial charge in [-0.05, 0) is 49.4 Å². The first-order valence-electron chi connectivity index (χ1n) is 10.6. The molecule has 7 nitrogen and oxygen atoms in total. The molecule has 3 atom stereocenters. The van der Waals surface area contributed by atoms with Gasteiger partial charge in [-0.1, -0.05) is 6.92 Å². The van der Waals surface area contributed by atoms with Crippen LogP contribution in [0.15, 0.2) is 30.5 Å². The van der Waals surface area contributed by atoms with E-state index in [1.54, 1.807) is 4.68 Å². The summed E-state index contributed by atoms with van der Waals surface area (Å²) in [5, 5.41) is 17.1. The van der Waals surface area contributed by atoms with Gasteiger partial charge in [0.05, 0.1) is 23.6 Å². The summed E-state index contributed by atoms with van der Waals surface area (Å²) in [5.74, 6) is -0.115. The molecule has 3 unspecified atom stereocenters. The third-order valence-corrected chi connectivity index (χ3v) is 6.37. The molecule has 1 saturated heterocycles. The highest BCUT2D eigenvalue weighted by atomic mass is 19.4. The van der Waals surface area contributed by atoms with E-state index in [-0.39, 0.29) is 23.3 Å². The van der Waals surface area contributed by atoms with Crippen LogP contribution in [0.2, 0.25) is 0 Å². The number of halogens is 3. The Morgan fingerprint density at radius 2 is 1.94 bits per heavy atom. The van der Waals surface area contributed by atoms with Crippen molar-refractivity contribution < 1.29 is 18.0 Å². The van der Waals surface area contributed by atoms with Crippen LogP contribution in [0.1, 0.15) is 48.1 Å². The number of nitrogens with zero attached hydrogens (tertiary/aromatic N) is 4. The van der Waals surface area contributed by atoms with Crippen LogP contribution in [0.3, 0.4) is 0 Å². The standard InChI is InChI=1S/C22H25F3N6O/c1-13-10-30(11-13)17-6-7-19(14(8-17)9-26)31-12-18(20(27)32)21(29-31)28-16-4-2-15(3-5-16)22(23,24)25/h2-5,12-14,17,19H,6-8,10-11H2,1H3,(H2,27,32)(H,28,29). The van der Waals surface area contributed by atoms with E-state index in [4.69, 9.17) is 5.73 Å². The predicted octanol–water partition coefficient (Wildman–Crippen LogP) is 3.93. The number of hydrogen-bond acceptors (Lipinski definition) is 5. The third-order valence-electron chi connectivity index (χ3n) is 6.37. The van der Waals surface area contributed by atoms with Gasteiger partial charge in [0.1, 0.15) is 5.56 Å². The van der Waals surface area contributed by atoms with Crippen molar-refractivity contribution in [3.63, 3.8) is 0 Å². The summed E-state index contributed by atoms with van der Waals surface area (Å²) in [6.45, 7) is 4.33. The SMILES string of the molecule is CC1CN(C2CCC(n3cc(C(N)=O)c(Nc4ccc(C(F)(F)F)cc4)n3)C(C#N)C2)C1. The van der Waals surface area contributed by atoms with Gasteiger partial charge in [0.15, 0.2) is 5.82 Å². The molecule has 1 amide bonds. The highest BCUT2D eigenvalue weighted by molar-refractivity contribution is 5.98. The Morgan fingerprint density at radius 1 is 1.25 bits per heavy atom. The van der Waals surface area contributed by atoms with Crippen molar-refractivity contribution in [2.24, 2.45) is 17.6 Å². The first kappa shape index (κ1) is 22.1. The third kappa shape index (κ3) is 4.43. The van der Waals surface area contributed by atoms with Crippen LogP contribution in [-0.2, 0) is 6.18 Å². The number of primary amides is 1. The Bertz CT molecular complexity index is 1020. The lowest BCUT2D eigenvalue weighted by Gasteiger charge is -2.46. The number of alkyl halides is 3. The molecule has 1 aliphatic heterocycles. The Morgan fingerprint density at radius 3 is 2.50 bits per heavy atom. The minimum absolute atomic E-state index is 0.125. The first-order chi connectivity index (χ1) is 15.2. The number of carbonyl (C=O) groups excluding carboxylic acids is 1. The number of likely N-dealkylation sites (tertiary alicyclic amines) is 1. The largest absolute Gasteiger partial charge is 0.416 e. The molecule has 170 valence electrons. The van der Waals surface area contributed by atoms with Crippen LogP contribution in [0.25, 0.3) is 0 Å². The summed E-state index contributed by atoms with van der Waals surface area (Å²) in [7, 11) is 0. The number of amides is 1. The van der Waals surface area contributed by atoms with Crippen molar-refractivity contribution in [1.29, 1.82) is 5.26 Å². The topological polar surface area (TPSA) is 100.0 Å². The monoisotopic (exact) mass is 446 g/mol. The molecule has 2 aliphatic rings. The molecular formula is C22H25F3N6O. The molecule has 2 aromatic rings. The summed E-state index contributed by atoms with van der Waals surface area (Å²) < 4.78 is 40.0. The molecule has 0 bridgehead atoms. The maximum absolute atomic E-state index is 12.8. The molecule has 2 fully saturated rings. The van der Waals surface area contributed by atoms with Crippen LogP contribution in [0.4, 0.5) is 24.7 Å². The van der Waals surface area contributed by atoms with Crippen molar-refractivity contribution in [3.8, 4) is 6.07 Å². The van der Waals surface area contributed by atoms with Gasteiger partial charge in [0.25, 0.3) is 5.91 Å². The maximum Gasteiger partial charge on any atom is 0.416 e. The Kier molecular flexibility index (Phi) is 5.86. The van der Waals surface area contributed by atoms with Crippen LogP contribution < -0.4 is 11.1 Å². The van der Waals surface area contributed by atoms with E-state index < -0.39 is 17.6 Å². The summed E-state index contributed by atoms with van der Waals surface area (Å²) in [6, 6.07) is 7.01.